The molecule has 5 heteroatoms. The smallest absolute Gasteiger partial charge is 0.261 e. The standard InChI is InChI=1S/C20H24N4O/c1-23-19(15-7-4-9-16(21)12-15)17(13-22-23)20(25)24-11-5-8-14-6-2-3-10-18(14)24/h4,7,9-10,12-14H,2-3,5-6,8,11,21H2,1H3. The highest BCUT2D eigenvalue weighted by atomic mass is 16.2. The molecular formula is C20H24N4O. The molecule has 1 amide bonds. The van der Waals surface area contributed by atoms with Crippen molar-refractivity contribution in [2.24, 2.45) is 13.0 Å². The summed E-state index contributed by atoms with van der Waals surface area (Å²) in [5.41, 5.74) is 10.3. The molecule has 1 aromatic carbocycles. The fourth-order valence-corrected chi connectivity index (χ4v) is 4.16. The molecule has 1 fully saturated rings. The highest BCUT2D eigenvalue weighted by Crippen LogP contribution is 2.36. The minimum atomic E-state index is 0.0587. The number of amides is 1. The third-order valence-electron chi connectivity index (χ3n) is 5.35. The number of aryl methyl sites for hydroxylation is 1. The molecular weight excluding hydrogens is 312 g/mol. The molecule has 0 bridgehead atoms. The van der Waals surface area contributed by atoms with Gasteiger partial charge in [0.15, 0.2) is 0 Å². The molecule has 0 saturated carbocycles. The van der Waals surface area contributed by atoms with Gasteiger partial charge in [0.2, 0.25) is 0 Å². The van der Waals surface area contributed by atoms with Gasteiger partial charge in [-0.1, -0.05) is 18.2 Å². The molecule has 130 valence electrons. The molecule has 1 unspecified atom stereocenters. The Bertz CT molecular complexity index is 836. The van der Waals surface area contributed by atoms with Crippen molar-refractivity contribution in [2.45, 2.75) is 32.1 Å². The van der Waals surface area contributed by atoms with Crippen molar-refractivity contribution in [2.75, 3.05) is 12.3 Å². The molecule has 2 N–H and O–H groups in total. The van der Waals surface area contributed by atoms with Gasteiger partial charge in [0.05, 0.1) is 17.5 Å². The van der Waals surface area contributed by atoms with E-state index in [1.165, 1.54) is 25.0 Å². The average Bonchev–Trinajstić information content (AvgIpc) is 3.02. The van der Waals surface area contributed by atoms with Crippen molar-refractivity contribution in [3.8, 4) is 11.3 Å². The van der Waals surface area contributed by atoms with E-state index in [2.05, 4.69) is 11.2 Å². The Morgan fingerprint density at radius 2 is 2.12 bits per heavy atom. The van der Waals surface area contributed by atoms with Gasteiger partial charge in [-0.25, -0.2) is 0 Å². The Morgan fingerprint density at radius 3 is 2.96 bits per heavy atom. The van der Waals surface area contributed by atoms with Crippen LogP contribution in [0.25, 0.3) is 11.3 Å². The number of benzene rings is 1. The minimum Gasteiger partial charge on any atom is -0.399 e. The van der Waals surface area contributed by atoms with Gasteiger partial charge in [0, 0.05) is 30.5 Å². The molecule has 0 spiro atoms. The topological polar surface area (TPSA) is 64.2 Å². The molecule has 2 heterocycles. The van der Waals surface area contributed by atoms with Crippen LogP contribution in [0.3, 0.4) is 0 Å². The monoisotopic (exact) mass is 336 g/mol. The Balaban J connectivity index is 1.73. The van der Waals surface area contributed by atoms with Gasteiger partial charge in [-0.05, 0) is 50.2 Å². The number of aromatic nitrogens is 2. The number of hydrogen-bond acceptors (Lipinski definition) is 3. The fraction of sp³-hybridized carbons (Fsp3) is 0.400. The largest absolute Gasteiger partial charge is 0.399 e. The summed E-state index contributed by atoms with van der Waals surface area (Å²) < 4.78 is 1.76. The van der Waals surface area contributed by atoms with Crippen molar-refractivity contribution < 1.29 is 4.79 Å². The predicted molar refractivity (Wildman–Crippen MR) is 98.8 cm³/mol. The lowest BCUT2D eigenvalue weighted by Crippen LogP contribution is -2.39. The third kappa shape index (κ3) is 2.84. The van der Waals surface area contributed by atoms with Crippen molar-refractivity contribution in [3.05, 3.63) is 47.8 Å². The molecule has 1 aliphatic carbocycles. The summed E-state index contributed by atoms with van der Waals surface area (Å²) >= 11 is 0. The van der Waals surface area contributed by atoms with Crippen LogP contribution in [-0.2, 0) is 7.05 Å². The van der Waals surface area contributed by atoms with Crippen LogP contribution < -0.4 is 5.73 Å². The average molecular weight is 336 g/mol. The van der Waals surface area contributed by atoms with E-state index in [1.807, 2.05) is 36.2 Å². The van der Waals surface area contributed by atoms with E-state index >= 15 is 0 Å². The van der Waals surface area contributed by atoms with Gasteiger partial charge in [-0.3, -0.25) is 9.48 Å². The number of fused-ring (bicyclic) bond motifs is 1. The van der Waals surface area contributed by atoms with E-state index in [1.54, 1.807) is 10.9 Å². The van der Waals surface area contributed by atoms with Crippen LogP contribution in [-0.4, -0.2) is 27.1 Å². The minimum absolute atomic E-state index is 0.0587. The Kier molecular flexibility index (Phi) is 4.07. The van der Waals surface area contributed by atoms with Crippen LogP contribution >= 0.6 is 0 Å². The zero-order valence-electron chi connectivity index (χ0n) is 14.6. The van der Waals surface area contributed by atoms with Crippen LogP contribution in [0.5, 0.6) is 0 Å². The lowest BCUT2D eigenvalue weighted by Gasteiger charge is -2.38. The number of carbonyl (C=O) groups is 1. The van der Waals surface area contributed by atoms with Crippen molar-refractivity contribution >= 4 is 11.6 Å². The maximum atomic E-state index is 13.3. The summed E-state index contributed by atoms with van der Waals surface area (Å²) in [5, 5.41) is 4.35. The molecule has 25 heavy (non-hydrogen) atoms. The molecule has 0 radical (unpaired) electrons. The maximum absolute atomic E-state index is 13.3. The van der Waals surface area contributed by atoms with Gasteiger partial charge < -0.3 is 10.6 Å². The number of nitrogen functional groups attached to an aromatic ring is 1. The Morgan fingerprint density at radius 1 is 1.28 bits per heavy atom. The first-order chi connectivity index (χ1) is 12.1. The maximum Gasteiger partial charge on any atom is 0.261 e. The lowest BCUT2D eigenvalue weighted by molar-refractivity contribution is 0.0749. The number of hydrogen-bond donors (Lipinski definition) is 1. The van der Waals surface area contributed by atoms with E-state index in [9.17, 15) is 4.79 Å². The highest BCUT2D eigenvalue weighted by Gasteiger charge is 2.32. The highest BCUT2D eigenvalue weighted by molar-refractivity contribution is 6.01. The van der Waals surface area contributed by atoms with Crippen LogP contribution in [0.15, 0.2) is 42.2 Å². The van der Waals surface area contributed by atoms with Crippen molar-refractivity contribution in [3.63, 3.8) is 0 Å². The molecule has 4 rings (SSSR count). The summed E-state index contributed by atoms with van der Waals surface area (Å²) in [4.78, 5) is 15.3. The molecule has 1 aliphatic heterocycles. The SMILES string of the molecule is Cn1ncc(C(=O)N2CCCC3CCCC=C32)c1-c1cccc(N)c1. The molecule has 5 nitrogen and oxygen atoms in total. The Hall–Kier alpha value is -2.56. The molecule has 1 saturated heterocycles. The molecule has 1 aromatic heterocycles. The van der Waals surface area contributed by atoms with Crippen LogP contribution in [0.2, 0.25) is 0 Å². The Labute approximate surface area is 148 Å². The molecule has 2 aliphatic rings. The zero-order valence-corrected chi connectivity index (χ0v) is 14.6. The zero-order chi connectivity index (χ0) is 17.4. The number of carbonyl (C=O) groups excluding carboxylic acids is 1. The number of likely N-dealkylation sites (tertiary alicyclic amines) is 1. The predicted octanol–water partition coefficient (Wildman–Crippen LogP) is 3.59. The number of anilines is 1. The molecule has 2 aromatic rings. The number of allylic oxidation sites excluding steroid dienone is 2. The first kappa shape index (κ1) is 15.9. The van der Waals surface area contributed by atoms with E-state index < -0.39 is 0 Å². The number of nitrogens with two attached hydrogens (primary N) is 1. The first-order valence-electron chi connectivity index (χ1n) is 9.05. The van der Waals surface area contributed by atoms with E-state index in [-0.39, 0.29) is 5.91 Å². The normalized spacial score (nSPS) is 20.1. The van der Waals surface area contributed by atoms with Crippen molar-refractivity contribution in [1.82, 2.24) is 14.7 Å². The quantitative estimate of drug-likeness (QED) is 0.853. The van der Waals surface area contributed by atoms with Gasteiger partial charge in [-0.15, -0.1) is 0 Å². The van der Waals surface area contributed by atoms with Crippen LogP contribution in [0, 0.1) is 5.92 Å². The van der Waals surface area contributed by atoms with Crippen molar-refractivity contribution in [1.29, 1.82) is 0 Å². The summed E-state index contributed by atoms with van der Waals surface area (Å²) in [6.07, 6.45) is 9.73. The number of rotatable bonds is 2. The number of nitrogens with zero attached hydrogens (tertiary/aromatic N) is 3. The first-order valence-corrected chi connectivity index (χ1v) is 9.05. The second-order valence-corrected chi connectivity index (χ2v) is 7.01. The summed E-state index contributed by atoms with van der Waals surface area (Å²) in [7, 11) is 1.87. The van der Waals surface area contributed by atoms with E-state index in [0.717, 1.165) is 30.6 Å². The number of piperidine rings is 1. The summed E-state index contributed by atoms with van der Waals surface area (Å²) in [5.74, 6) is 0.599. The van der Waals surface area contributed by atoms with Gasteiger partial charge in [0.1, 0.15) is 0 Å². The fourth-order valence-electron chi connectivity index (χ4n) is 4.16. The second-order valence-electron chi connectivity index (χ2n) is 7.01. The van der Waals surface area contributed by atoms with Crippen LogP contribution in [0.4, 0.5) is 5.69 Å². The van der Waals surface area contributed by atoms with Gasteiger partial charge in [-0.2, -0.15) is 5.10 Å². The summed E-state index contributed by atoms with van der Waals surface area (Å²) in [6.45, 7) is 0.798. The van der Waals surface area contributed by atoms with E-state index in [0.29, 0.717) is 17.2 Å². The second kappa shape index (κ2) is 6.39. The van der Waals surface area contributed by atoms with Crippen LogP contribution in [0.1, 0.15) is 42.5 Å². The van der Waals surface area contributed by atoms with Gasteiger partial charge in [0.25, 0.3) is 5.91 Å². The molecule has 1 atom stereocenters. The summed E-state index contributed by atoms with van der Waals surface area (Å²) in [6, 6.07) is 7.63. The lowest BCUT2D eigenvalue weighted by atomic mass is 9.84. The van der Waals surface area contributed by atoms with E-state index in [4.69, 9.17) is 5.73 Å². The third-order valence-corrected chi connectivity index (χ3v) is 5.35. The van der Waals surface area contributed by atoms with Gasteiger partial charge >= 0.3 is 0 Å².